The molecular weight excluding hydrogens is 296 g/mol. The Bertz CT molecular complexity index is 637. The van der Waals surface area contributed by atoms with E-state index in [4.69, 9.17) is 0 Å². The maximum absolute atomic E-state index is 12.2. The van der Waals surface area contributed by atoms with Crippen molar-refractivity contribution in [1.82, 2.24) is 10.3 Å². The second-order valence-corrected chi connectivity index (χ2v) is 6.79. The van der Waals surface area contributed by atoms with Crippen LogP contribution in [0.25, 0.3) is 11.3 Å². The second kappa shape index (κ2) is 7.51. The first kappa shape index (κ1) is 16.6. The number of benzene rings is 1. The molecule has 0 bridgehead atoms. The summed E-state index contributed by atoms with van der Waals surface area (Å²) < 4.78 is 0. The van der Waals surface area contributed by atoms with Crippen molar-refractivity contribution in [2.75, 3.05) is 6.54 Å². The highest BCUT2D eigenvalue weighted by Crippen LogP contribution is 2.22. The van der Waals surface area contributed by atoms with E-state index in [0.29, 0.717) is 18.5 Å². The average Bonchev–Trinajstić information content (AvgIpc) is 2.91. The average molecular weight is 318 g/mol. The zero-order valence-corrected chi connectivity index (χ0v) is 14.0. The second-order valence-electron chi connectivity index (χ2n) is 5.73. The Kier molecular flexibility index (Phi) is 5.69. The molecule has 2 rings (SSSR count). The highest BCUT2D eigenvalue weighted by atomic mass is 32.1. The monoisotopic (exact) mass is 318 g/mol. The minimum atomic E-state index is -0.344. The molecule has 0 saturated heterocycles. The molecule has 118 valence electrons. The Balaban J connectivity index is 2.01. The Morgan fingerprint density at radius 3 is 2.82 bits per heavy atom. The van der Waals surface area contributed by atoms with E-state index in [1.807, 2.05) is 37.4 Å². The van der Waals surface area contributed by atoms with E-state index < -0.39 is 0 Å². The van der Waals surface area contributed by atoms with Gasteiger partial charge in [0.05, 0.1) is 16.8 Å². The van der Waals surface area contributed by atoms with Crippen molar-refractivity contribution in [3.8, 4) is 11.3 Å². The molecule has 1 aromatic carbocycles. The SMILES string of the molecule is Cc1nc(-c2cccc(C(=O)NCC(C)CC(C)O)c2)cs1. The molecule has 2 unspecified atom stereocenters. The first-order chi connectivity index (χ1) is 10.5. The van der Waals surface area contributed by atoms with Gasteiger partial charge in [0.25, 0.3) is 5.91 Å². The number of aryl methyl sites for hydroxylation is 1. The number of carbonyl (C=O) groups is 1. The highest BCUT2D eigenvalue weighted by molar-refractivity contribution is 7.09. The van der Waals surface area contributed by atoms with Crippen LogP contribution in [0.2, 0.25) is 0 Å². The summed E-state index contributed by atoms with van der Waals surface area (Å²) in [5.41, 5.74) is 2.49. The van der Waals surface area contributed by atoms with Crippen LogP contribution in [0, 0.1) is 12.8 Å². The maximum atomic E-state index is 12.2. The van der Waals surface area contributed by atoms with E-state index in [2.05, 4.69) is 10.3 Å². The zero-order valence-electron chi connectivity index (χ0n) is 13.2. The molecule has 0 saturated carbocycles. The number of nitrogens with one attached hydrogen (secondary N) is 1. The fourth-order valence-electron chi connectivity index (χ4n) is 2.35. The lowest BCUT2D eigenvalue weighted by atomic mass is 10.0. The number of hydrogen-bond acceptors (Lipinski definition) is 4. The van der Waals surface area contributed by atoms with E-state index in [1.54, 1.807) is 24.3 Å². The summed E-state index contributed by atoms with van der Waals surface area (Å²) in [7, 11) is 0. The molecule has 0 aliphatic carbocycles. The number of thiazole rings is 1. The van der Waals surface area contributed by atoms with E-state index in [-0.39, 0.29) is 17.9 Å². The summed E-state index contributed by atoms with van der Waals surface area (Å²) in [4.78, 5) is 16.7. The molecular formula is C17H22N2O2S. The van der Waals surface area contributed by atoms with Crippen molar-refractivity contribution in [2.24, 2.45) is 5.92 Å². The molecule has 4 nitrogen and oxygen atoms in total. The van der Waals surface area contributed by atoms with Crippen molar-refractivity contribution >= 4 is 17.2 Å². The van der Waals surface area contributed by atoms with Crippen LogP contribution in [0.5, 0.6) is 0 Å². The quantitative estimate of drug-likeness (QED) is 0.859. The van der Waals surface area contributed by atoms with Crippen LogP contribution in [0.1, 0.15) is 35.6 Å². The van der Waals surface area contributed by atoms with Crippen molar-refractivity contribution in [3.63, 3.8) is 0 Å². The van der Waals surface area contributed by atoms with E-state index in [0.717, 1.165) is 16.3 Å². The maximum Gasteiger partial charge on any atom is 0.251 e. The van der Waals surface area contributed by atoms with Crippen LogP contribution >= 0.6 is 11.3 Å². The van der Waals surface area contributed by atoms with Crippen molar-refractivity contribution < 1.29 is 9.90 Å². The van der Waals surface area contributed by atoms with Crippen LogP contribution in [-0.4, -0.2) is 28.6 Å². The van der Waals surface area contributed by atoms with Gasteiger partial charge in [-0.15, -0.1) is 11.3 Å². The van der Waals surface area contributed by atoms with Gasteiger partial charge in [0.15, 0.2) is 0 Å². The third-order valence-corrected chi connectivity index (χ3v) is 4.17. The number of aliphatic hydroxyl groups excluding tert-OH is 1. The van der Waals surface area contributed by atoms with E-state index >= 15 is 0 Å². The molecule has 2 atom stereocenters. The van der Waals surface area contributed by atoms with E-state index in [9.17, 15) is 9.90 Å². The van der Waals surface area contributed by atoms with Crippen LogP contribution in [-0.2, 0) is 0 Å². The fraction of sp³-hybridized carbons (Fsp3) is 0.412. The van der Waals surface area contributed by atoms with Crippen LogP contribution in [0.3, 0.4) is 0 Å². The van der Waals surface area contributed by atoms with Gasteiger partial charge in [0.1, 0.15) is 0 Å². The van der Waals surface area contributed by atoms with Crippen LogP contribution < -0.4 is 5.32 Å². The molecule has 0 spiro atoms. The summed E-state index contributed by atoms with van der Waals surface area (Å²) in [5.74, 6) is 0.152. The molecule has 1 aromatic heterocycles. The van der Waals surface area contributed by atoms with Gasteiger partial charge < -0.3 is 10.4 Å². The van der Waals surface area contributed by atoms with Crippen molar-refractivity contribution in [2.45, 2.75) is 33.3 Å². The Hall–Kier alpha value is -1.72. The van der Waals surface area contributed by atoms with Gasteiger partial charge in [0, 0.05) is 23.1 Å². The predicted molar refractivity (Wildman–Crippen MR) is 90.1 cm³/mol. The normalized spacial score (nSPS) is 13.6. The number of aromatic nitrogens is 1. The van der Waals surface area contributed by atoms with E-state index in [1.165, 1.54) is 0 Å². The van der Waals surface area contributed by atoms with Gasteiger partial charge >= 0.3 is 0 Å². The third-order valence-electron chi connectivity index (χ3n) is 3.39. The summed E-state index contributed by atoms with van der Waals surface area (Å²) in [5, 5.41) is 15.3. The predicted octanol–water partition coefficient (Wildman–Crippen LogP) is 3.26. The minimum absolute atomic E-state index is 0.0914. The largest absolute Gasteiger partial charge is 0.393 e. The molecule has 1 heterocycles. The van der Waals surface area contributed by atoms with Gasteiger partial charge in [-0.25, -0.2) is 4.98 Å². The number of aliphatic hydroxyl groups is 1. The molecule has 2 N–H and O–H groups in total. The summed E-state index contributed by atoms with van der Waals surface area (Å²) in [6.45, 7) is 6.30. The molecule has 5 heteroatoms. The first-order valence-electron chi connectivity index (χ1n) is 7.44. The lowest BCUT2D eigenvalue weighted by Crippen LogP contribution is -2.29. The third kappa shape index (κ3) is 4.64. The van der Waals surface area contributed by atoms with Crippen LogP contribution in [0.4, 0.5) is 0 Å². The topological polar surface area (TPSA) is 62.2 Å². The number of nitrogens with zero attached hydrogens (tertiary/aromatic N) is 1. The first-order valence-corrected chi connectivity index (χ1v) is 8.32. The zero-order chi connectivity index (χ0) is 16.1. The fourth-order valence-corrected chi connectivity index (χ4v) is 2.97. The van der Waals surface area contributed by atoms with Crippen molar-refractivity contribution in [1.29, 1.82) is 0 Å². The van der Waals surface area contributed by atoms with Crippen molar-refractivity contribution in [3.05, 3.63) is 40.2 Å². The Labute approximate surface area is 135 Å². The molecule has 22 heavy (non-hydrogen) atoms. The minimum Gasteiger partial charge on any atom is -0.393 e. The highest BCUT2D eigenvalue weighted by Gasteiger charge is 2.11. The summed E-state index contributed by atoms with van der Waals surface area (Å²) in [6.07, 6.45) is 0.335. The van der Waals surface area contributed by atoms with Gasteiger partial charge in [-0.3, -0.25) is 4.79 Å². The molecule has 2 aromatic rings. The lowest BCUT2D eigenvalue weighted by molar-refractivity contribution is 0.0939. The Morgan fingerprint density at radius 2 is 2.18 bits per heavy atom. The summed E-state index contributed by atoms with van der Waals surface area (Å²) in [6, 6.07) is 7.50. The number of carbonyl (C=O) groups excluding carboxylic acids is 1. The molecule has 0 aliphatic rings. The van der Waals surface area contributed by atoms with Gasteiger partial charge in [-0.1, -0.05) is 19.1 Å². The molecule has 0 aliphatic heterocycles. The molecule has 0 fully saturated rings. The lowest BCUT2D eigenvalue weighted by Gasteiger charge is -2.14. The Morgan fingerprint density at radius 1 is 1.41 bits per heavy atom. The standard InChI is InChI=1S/C17H22N2O2S/c1-11(7-12(2)20)9-18-17(21)15-6-4-5-14(8-15)16-10-22-13(3)19-16/h4-6,8,10-12,20H,7,9H2,1-3H3,(H,18,21). The molecule has 1 amide bonds. The summed E-state index contributed by atoms with van der Waals surface area (Å²) >= 11 is 1.60. The van der Waals surface area contributed by atoms with Gasteiger partial charge in [-0.2, -0.15) is 0 Å². The van der Waals surface area contributed by atoms with Gasteiger partial charge in [0.2, 0.25) is 0 Å². The number of rotatable bonds is 6. The number of amides is 1. The van der Waals surface area contributed by atoms with Crippen LogP contribution in [0.15, 0.2) is 29.6 Å². The molecule has 0 radical (unpaired) electrons. The smallest absolute Gasteiger partial charge is 0.251 e. The van der Waals surface area contributed by atoms with Gasteiger partial charge in [-0.05, 0) is 38.3 Å². The number of hydrogen-bond donors (Lipinski definition) is 2.